The molecular formula is C18H24IN3O. The van der Waals surface area contributed by atoms with E-state index in [0.29, 0.717) is 18.9 Å². The van der Waals surface area contributed by atoms with Crippen LogP contribution in [0.2, 0.25) is 0 Å². The first-order valence-electron chi connectivity index (χ1n) is 7.50. The Hall–Kier alpha value is -1.60. The molecule has 0 heterocycles. The van der Waals surface area contributed by atoms with Crippen LogP contribution in [0.5, 0.6) is 0 Å². The molecule has 5 heteroatoms. The van der Waals surface area contributed by atoms with Gasteiger partial charge in [0.1, 0.15) is 0 Å². The molecule has 2 aromatic carbocycles. The number of aliphatic imine (C=N–C) groups is 1. The fraction of sp³-hybridized carbons (Fsp3) is 0.278. The first-order chi connectivity index (χ1) is 10.6. The number of nitrogens with two attached hydrogens (primary N) is 1. The molecule has 0 aliphatic heterocycles. The Morgan fingerprint density at radius 2 is 1.65 bits per heavy atom. The van der Waals surface area contributed by atoms with Crippen molar-refractivity contribution in [1.29, 1.82) is 0 Å². The van der Waals surface area contributed by atoms with Crippen molar-refractivity contribution in [2.24, 2.45) is 10.7 Å². The lowest BCUT2D eigenvalue weighted by molar-refractivity contribution is 0.175. The molecule has 0 amide bonds. The maximum atomic E-state index is 9.69. The average Bonchev–Trinajstić information content (AvgIpc) is 2.53. The van der Waals surface area contributed by atoms with E-state index in [0.717, 1.165) is 5.69 Å². The monoisotopic (exact) mass is 425 g/mol. The minimum absolute atomic E-state index is 0. The van der Waals surface area contributed by atoms with Gasteiger partial charge < -0.3 is 16.2 Å². The summed E-state index contributed by atoms with van der Waals surface area (Å²) in [5.41, 5.74) is 8.02. The molecule has 0 radical (unpaired) electrons. The normalized spacial score (nSPS) is 13.7. The van der Waals surface area contributed by atoms with E-state index in [-0.39, 0.29) is 36.0 Å². The van der Waals surface area contributed by atoms with Gasteiger partial charge in [0.2, 0.25) is 0 Å². The SMILES string of the molecule is CC(O)CC(CN=C(N)Nc1ccccc1)c1ccccc1.I. The second-order valence-corrected chi connectivity index (χ2v) is 5.41. The van der Waals surface area contributed by atoms with Crippen molar-refractivity contribution in [3.63, 3.8) is 0 Å². The number of para-hydroxylation sites is 1. The number of rotatable bonds is 6. The van der Waals surface area contributed by atoms with Crippen LogP contribution in [0, 0.1) is 0 Å². The van der Waals surface area contributed by atoms with Gasteiger partial charge in [-0.2, -0.15) is 0 Å². The first-order valence-corrected chi connectivity index (χ1v) is 7.50. The molecule has 4 nitrogen and oxygen atoms in total. The topological polar surface area (TPSA) is 70.6 Å². The molecule has 0 aromatic heterocycles. The number of hydrogen-bond acceptors (Lipinski definition) is 2. The summed E-state index contributed by atoms with van der Waals surface area (Å²) in [6.45, 7) is 2.34. The van der Waals surface area contributed by atoms with Gasteiger partial charge in [-0.25, -0.2) is 0 Å². The van der Waals surface area contributed by atoms with Gasteiger partial charge in [-0.3, -0.25) is 4.99 Å². The van der Waals surface area contributed by atoms with E-state index < -0.39 is 0 Å². The van der Waals surface area contributed by atoms with Crippen LogP contribution in [-0.4, -0.2) is 23.7 Å². The lowest BCUT2D eigenvalue weighted by Gasteiger charge is -2.17. The van der Waals surface area contributed by atoms with Crippen molar-refractivity contribution in [1.82, 2.24) is 0 Å². The summed E-state index contributed by atoms with van der Waals surface area (Å²) in [7, 11) is 0. The van der Waals surface area contributed by atoms with Gasteiger partial charge in [-0.15, -0.1) is 24.0 Å². The summed E-state index contributed by atoms with van der Waals surface area (Å²) in [4.78, 5) is 4.42. The van der Waals surface area contributed by atoms with Crippen LogP contribution in [-0.2, 0) is 0 Å². The quantitative estimate of drug-likeness (QED) is 0.377. The number of guanidine groups is 1. The number of aliphatic hydroxyl groups excluding tert-OH is 1. The van der Waals surface area contributed by atoms with Gasteiger partial charge in [0, 0.05) is 18.2 Å². The molecule has 124 valence electrons. The van der Waals surface area contributed by atoms with Crippen molar-refractivity contribution >= 4 is 35.6 Å². The molecule has 0 fully saturated rings. The Balaban J connectivity index is 0.00000264. The standard InChI is InChI=1S/C18H23N3O.HI/c1-14(22)12-16(15-8-4-2-5-9-15)13-20-18(19)21-17-10-6-3-7-11-17;/h2-11,14,16,22H,12-13H2,1H3,(H3,19,20,21);1H. The highest BCUT2D eigenvalue weighted by Crippen LogP contribution is 2.21. The number of benzene rings is 2. The van der Waals surface area contributed by atoms with Gasteiger partial charge in [0.25, 0.3) is 0 Å². The van der Waals surface area contributed by atoms with Gasteiger partial charge in [0.15, 0.2) is 5.96 Å². The van der Waals surface area contributed by atoms with E-state index in [9.17, 15) is 5.11 Å². The summed E-state index contributed by atoms with van der Waals surface area (Å²) in [6.07, 6.45) is 0.287. The van der Waals surface area contributed by atoms with Crippen molar-refractivity contribution in [3.05, 3.63) is 66.2 Å². The highest BCUT2D eigenvalue weighted by Gasteiger charge is 2.13. The third kappa shape index (κ3) is 7.00. The van der Waals surface area contributed by atoms with Crippen molar-refractivity contribution in [2.75, 3.05) is 11.9 Å². The molecular weight excluding hydrogens is 401 g/mol. The first kappa shape index (κ1) is 19.4. The predicted octanol–water partition coefficient (Wildman–Crippen LogP) is 3.59. The van der Waals surface area contributed by atoms with E-state index in [4.69, 9.17) is 5.73 Å². The molecule has 0 saturated carbocycles. The molecule has 0 bridgehead atoms. The lowest BCUT2D eigenvalue weighted by Crippen LogP contribution is -2.24. The van der Waals surface area contributed by atoms with Crippen LogP contribution in [0.4, 0.5) is 5.69 Å². The summed E-state index contributed by atoms with van der Waals surface area (Å²) in [5, 5.41) is 12.8. The Kier molecular flexibility index (Phi) is 8.65. The van der Waals surface area contributed by atoms with Crippen molar-refractivity contribution < 1.29 is 5.11 Å². The highest BCUT2D eigenvalue weighted by molar-refractivity contribution is 14.0. The average molecular weight is 425 g/mol. The Labute approximate surface area is 154 Å². The maximum absolute atomic E-state index is 9.69. The fourth-order valence-electron chi connectivity index (χ4n) is 2.37. The van der Waals surface area contributed by atoms with Gasteiger partial charge >= 0.3 is 0 Å². The number of halogens is 1. The van der Waals surface area contributed by atoms with E-state index in [1.807, 2.05) is 48.5 Å². The fourth-order valence-corrected chi connectivity index (χ4v) is 2.37. The van der Waals surface area contributed by atoms with E-state index in [1.165, 1.54) is 5.56 Å². The third-order valence-electron chi connectivity index (χ3n) is 3.42. The van der Waals surface area contributed by atoms with Gasteiger partial charge in [0.05, 0.1) is 6.10 Å². The minimum Gasteiger partial charge on any atom is -0.393 e. The maximum Gasteiger partial charge on any atom is 0.193 e. The Bertz CT molecular complexity index is 588. The van der Waals surface area contributed by atoms with E-state index in [2.05, 4.69) is 22.4 Å². The van der Waals surface area contributed by atoms with E-state index >= 15 is 0 Å². The molecule has 2 rings (SSSR count). The van der Waals surface area contributed by atoms with Crippen LogP contribution in [0.25, 0.3) is 0 Å². The molecule has 0 aliphatic carbocycles. The Morgan fingerprint density at radius 1 is 1.09 bits per heavy atom. The summed E-state index contributed by atoms with van der Waals surface area (Å²) in [5.74, 6) is 0.537. The second-order valence-electron chi connectivity index (χ2n) is 5.41. The number of anilines is 1. The molecule has 2 aromatic rings. The smallest absolute Gasteiger partial charge is 0.193 e. The molecule has 23 heavy (non-hydrogen) atoms. The molecule has 4 N–H and O–H groups in total. The van der Waals surface area contributed by atoms with Gasteiger partial charge in [-0.1, -0.05) is 48.5 Å². The third-order valence-corrected chi connectivity index (χ3v) is 3.42. The highest BCUT2D eigenvalue weighted by atomic mass is 127. The summed E-state index contributed by atoms with van der Waals surface area (Å²) < 4.78 is 0. The van der Waals surface area contributed by atoms with Crippen molar-refractivity contribution in [2.45, 2.75) is 25.4 Å². The lowest BCUT2D eigenvalue weighted by atomic mass is 9.93. The largest absolute Gasteiger partial charge is 0.393 e. The summed E-state index contributed by atoms with van der Waals surface area (Å²) >= 11 is 0. The zero-order valence-corrected chi connectivity index (χ0v) is 15.6. The van der Waals surface area contributed by atoms with Crippen LogP contribution < -0.4 is 11.1 Å². The number of hydrogen-bond donors (Lipinski definition) is 3. The molecule has 2 unspecified atom stereocenters. The van der Waals surface area contributed by atoms with Crippen LogP contribution >= 0.6 is 24.0 Å². The van der Waals surface area contributed by atoms with Crippen LogP contribution in [0.3, 0.4) is 0 Å². The minimum atomic E-state index is -0.372. The Morgan fingerprint density at radius 3 is 2.22 bits per heavy atom. The molecule has 0 aliphatic rings. The molecule has 2 atom stereocenters. The molecule has 0 saturated heterocycles. The second kappa shape index (κ2) is 10.2. The number of nitrogens with zero attached hydrogens (tertiary/aromatic N) is 1. The number of nitrogens with one attached hydrogen (secondary N) is 1. The van der Waals surface area contributed by atoms with Gasteiger partial charge in [-0.05, 0) is 31.0 Å². The van der Waals surface area contributed by atoms with E-state index in [1.54, 1.807) is 6.92 Å². The van der Waals surface area contributed by atoms with Crippen LogP contribution in [0.1, 0.15) is 24.8 Å². The zero-order chi connectivity index (χ0) is 15.8. The van der Waals surface area contributed by atoms with Crippen LogP contribution in [0.15, 0.2) is 65.7 Å². The number of aliphatic hydroxyl groups is 1. The van der Waals surface area contributed by atoms with Crippen molar-refractivity contribution in [3.8, 4) is 0 Å². The molecule has 0 spiro atoms. The zero-order valence-electron chi connectivity index (χ0n) is 13.2. The predicted molar refractivity (Wildman–Crippen MR) is 107 cm³/mol. The summed E-state index contributed by atoms with van der Waals surface area (Å²) in [6, 6.07) is 19.8.